The summed E-state index contributed by atoms with van der Waals surface area (Å²) in [6, 6.07) is 0. The summed E-state index contributed by atoms with van der Waals surface area (Å²) in [7, 11) is 0. The molecule has 0 aliphatic rings. The first-order valence-electron chi connectivity index (χ1n) is 3.34. The van der Waals surface area contributed by atoms with Crippen LogP contribution in [0.4, 0.5) is 0 Å². The monoisotopic (exact) mass is 159 g/mol. The van der Waals surface area contributed by atoms with Gasteiger partial charge in [-0.05, 0) is 6.42 Å². The van der Waals surface area contributed by atoms with Gasteiger partial charge in [0, 0.05) is 13.5 Å². The average molecular weight is 159 g/mol. The molecule has 0 aromatic carbocycles. The second-order valence-corrected chi connectivity index (χ2v) is 2.03. The Bertz CT molecular complexity index is 131. The van der Waals surface area contributed by atoms with Gasteiger partial charge in [0.2, 0.25) is 0 Å². The van der Waals surface area contributed by atoms with E-state index >= 15 is 0 Å². The van der Waals surface area contributed by atoms with Crippen LogP contribution in [0.1, 0.15) is 13.3 Å². The second kappa shape index (κ2) is 5.52. The quantitative estimate of drug-likeness (QED) is 0.222. The highest BCUT2D eigenvalue weighted by Crippen LogP contribution is 1.80. The summed E-state index contributed by atoms with van der Waals surface area (Å²) >= 11 is 0. The van der Waals surface area contributed by atoms with Crippen molar-refractivity contribution in [1.82, 2.24) is 5.32 Å². The van der Waals surface area contributed by atoms with Crippen LogP contribution in [0.3, 0.4) is 0 Å². The summed E-state index contributed by atoms with van der Waals surface area (Å²) in [4.78, 5) is 10.2. The highest BCUT2D eigenvalue weighted by molar-refractivity contribution is 5.74. The molecule has 0 bridgehead atoms. The minimum absolute atomic E-state index is 0.0622. The van der Waals surface area contributed by atoms with E-state index in [-0.39, 0.29) is 11.9 Å². The van der Waals surface area contributed by atoms with Crippen LogP contribution in [0.25, 0.3) is 0 Å². The lowest BCUT2D eigenvalue weighted by Gasteiger charge is -2.02. The summed E-state index contributed by atoms with van der Waals surface area (Å²) < 4.78 is 4.63. The number of ether oxygens (including phenoxy) is 1. The van der Waals surface area contributed by atoms with Crippen LogP contribution in [0.5, 0.6) is 0 Å². The predicted octanol–water partition coefficient (Wildman–Crippen LogP) is -0.577. The number of nitrogens with one attached hydrogen (secondary N) is 2. The fourth-order valence-electron chi connectivity index (χ4n) is 0.511. The Kier molecular flexibility index (Phi) is 4.89. The maximum absolute atomic E-state index is 10.2. The van der Waals surface area contributed by atoms with Crippen LogP contribution >= 0.6 is 0 Å². The zero-order chi connectivity index (χ0) is 8.69. The van der Waals surface area contributed by atoms with Crippen molar-refractivity contribution in [2.24, 2.45) is 5.73 Å². The molecule has 0 amide bonds. The van der Waals surface area contributed by atoms with Gasteiger partial charge in [0.15, 0.2) is 5.96 Å². The fourth-order valence-corrected chi connectivity index (χ4v) is 0.511. The van der Waals surface area contributed by atoms with E-state index in [0.717, 1.165) is 0 Å². The van der Waals surface area contributed by atoms with E-state index in [1.54, 1.807) is 0 Å². The minimum Gasteiger partial charge on any atom is -0.466 e. The standard InChI is InChI=1S/C6H13N3O2/c1-5(10)11-4-2-3-9-6(7)8/h2-4H2,1H3,(H4,7,8,9). The Morgan fingerprint density at radius 2 is 2.36 bits per heavy atom. The van der Waals surface area contributed by atoms with Gasteiger partial charge in [0.05, 0.1) is 6.61 Å². The molecule has 5 heteroatoms. The van der Waals surface area contributed by atoms with Gasteiger partial charge in [0.25, 0.3) is 0 Å². The van der Waals surface area contributed by atoms with E-state index in [1.165, 1.54) is 6.92 Å². The number of rotatable bonds is 4. The zero-order valence-electron chi connectivity index (χ0n) is 6.52. The molecule has 0 aromatic heterocycles. The van der Waals surface area contributed by atoms with Crippen molar-refractivity contribution in [3.63, 3.8) is 0 Å². The van der Waals surface area contributed by atoms with E-state index in [0.29, 0.717) is 19.6 Å². The van der Waals surface area contributed by atoms with E-state index in [9.17, 15) is 4.79 Å². The van der Waals surface area contributed by atoms with Gasteiger partial charge in [0.1, 0.15) is 0 Å². The molecule has 0 saturated carbocycles. The van der Waals surface area contributed by atoms with Crippen molar-refractivity contribution in [3.8, 4) is 0 Å². The Labute approximate surface area is 65.4 Å². The van der Waals surface area contributed by atoms with E-state index in [4.69, 9.17) is 11.1 Å². The van der Waals surface area contributed by atoms with Gasteiger partial charge in [-0.1, -0.05) is 0 Å². The Balaban J connectivity index is 3.03. The molecule has 11 heavy (non-hydrogen) atoms. The number of esters is 1. The number of hydrogen-bond acceptors (Lipinski definition) is 3. The first-order chi connectivity index (χ1) is 5.13. The summed E-state index contributed by atoms with van der Waals surface area (Å²) in [5.74, 6) is -0.347. The molecule has 0 unspecified atom stereocenters. The molecule has 0 atom stereocenters. The highest BCUT2D eigenvalue weighted by atomic mass is 16.5. The largest absolute Gasteiger partial charge is 0.466 e. The van der Waals surface area contributed by atoms with Gasteiger partial charge < -0.3 is 15.8 Å². The molecule has 4 N–H and O–H groups in total. The van der Waals surface area contributed by atoms with E-state index in [1.807, 2.05) is 0 Å². The van der Waals surface area contributed by atoms with Crippen molar-refractivity contribution >= 4 is 11.9 Å². The Morgan fingerprint density at radius 1 is 1.73 bits per heavy atom. The number of hydrogen-bond donors (Lipinski definition) is 3. The summed E-state index contributed by atoms with van der Waals surface area (Å²) in [6.45, 7) is 2.29. The number of nitrogens with two attached hydrogens (primary N) is 1. The lowest BCUT2D eigenvalue weighted by Crippen LogP contribution is -2.31. The van der Waals surface area contributed by atoms with Crippen molar-refractivity contribution in [2.75, 3.05) is 13.2 Å². The van der Waals surface area contributed by atoms with Crippen LogP contribution in [-0.2, 0) is 9.53 Å². The number of carbonyl (C=O) groups excluding carboxylic acids is 1. The SMILES string of the molecule is CC(=O)OCCCNC(=N)N. The number of carbonyl (C=O) groups is 1. The van der Waals surface area contributed by atoms with Crippen molar-refractivity contribution in [1.29, 1.82) is 5.41 Å². The van der Waals surface area contributed by atoms with Gasteiger partial charge in [-0.3, -0.25) is 10.2 Å². The third-order valence-electron chi connectivity index (χ3n) is 0.942. The van der Waals surface area contributed by atoms with Gasteiger partial charge in [-0.25, -0.2) is 0 Å². The van der Waals surface area contributed by atoms with Gasteiger partial charge in [-0.15, -0.1) is 0 Å². The Morgan fingerprint density at radius 3 is 2.82 bits per heavy atom. The molecule has 0 aromatic rings. The molecule has 0 fully saturated rings. The lowest BCUT2D eigenvalue weighted by molar-refractivity contribution is -0.140. The van der Waals surface area contributed by atoms with Crippen LogP contribution in [0.2, 0.25) is 0 Å². The van der Waals surface area contributed by atoms with Crippen LogP contribution in [0, 0.1) is 5.41 Å². The molecule has 0 aliphatic carbocycles. The summed E-state index contributed by atoms with van der Waals surface area (Å²) in [5, 5.41) is 9.36. The summed E-state index contributed by atoms with van der Waals surface area (Å²) in [6.07, 6.45) is 0.666. The molecular formula is C6H13N3O2. The average Bonchev–Trinajstić information content (AvgIpc) is 1.85. The third kappa shape index (κ3) is 8.74. The number of guanidine groups is 1. The van der Waals surface area contributed by atoms with Gasteiger partial charge in [-0.2, -0.15) is 0 Å². The molecule has 0 saturated heterocycles. The molecule has 0 aliphatic heterocycles. The maximum Gasteiger partial charge on any atom is 0.302 e. The molecule has 0 radical (unpaired) electrons. The normalized spacial score (nSPS) is 8.82. The maximum atomic E-state index is 10.2. The lowest BCUT2D eigenvalue weighted by atomic mass is 10.4. The van der Waals surface area contributed by atoms with Crippen molar-refractivity contribution in [3.05, 3.63) is 0 Å². The predicted molar refractivity (Wildman–Crippen MR) is 41.2 cm³/mol. The topological polar surface area (TPSA) is 88.2 Å². The van der Waals surface area contributed by atoms with E-state index in [2.05, 4.69) is 10.1 Å². The fraction of sp³-hybridized carbons (Fsp3) is 0.667. The zero-order valence-corrected chi connectivity index (χ0v) is 6.52. The van der Waals surface area contributed by atoms with Crippen LogP contribution in [-0.4, -0.2) is 25.1 Å². The molecule has 5 nitrogen and oxygen atoms in total. The smallest absolute Gasteiger partial charge is 0.302 e. The third-order valence-corrected chi connectivity index (χ3v) is 0.942. The highest BCUT2D eigenvalue weighted by Gasteiger charge is 1.92. The van der Waals surface area contributed by atoms with Crippen molar-refractivity contribution < 1.29 is 9.53 Å². The summed E-state index contributed by atoms with van der Waals surface area (Å²) in [5.41, 5.74) is 5.00. The minimum atomic E-state index is -0.284. The molecule has 0 rings (SSSR count). The van der Waals surface area contributed by atoms with Gasteiger partial charge >= 0.3 is 5.97 Å². The second-order valence-electron chi connectivity index (χ2n) is 2.03. The van der Waals surface area contributed by atoms with Crippen molar-refractivity contribution in [2.45, 2.75) is 13.3 Å². The molecule has 64 valence electrons. The van der Waals surface area contributed by atoms with E-state index < -0.39 is 0 Å². The molecular weight excluding hydrogens is 146 g/mol. The van der Waals surface area contributed by atoms with Crippen LogP contribution < -0.4 is 11.1 Å². The first kappa shape index (κ1) is 9.74. The molecule has 0 heterocycles. The first-order valence-corrected chi connectivity index (χ1v) is 3.34. The Hall–Kier alpha value is -1.26. The van der Waals surface area contributed by atoms with Crippen LogP contribution in [0.15, 0.2) is 0 Å². The molecule has 0 spiro atoms.